The molecule has 0 aromatic rings. The van der Waals surface area contributed by atoms with Gasteiger partial charge in [-0.05, 0) is 27.2 Å². The third-order valence-corrected chi connectivity index (χ3v) is 2.29. The summed E-state index contributed by atoms with van der Waals surface area (Å²) in [5, 5.41) is 2.06. The van der Waals surface area contributed by atoms with E-state index in [-0.39, 0.29) is 17.9 Å². The molecule has 0 radical (unpaired) electrons. The van der Waals surface area contributed by atoms with Gasteiger partial charge in [0.25, 0.3) is 0 Å². The Morgan fingerprint density at radius 3 is 2.20 bits per heavy atom. The van der Waals surface area contributed by atoms with Crippen LogP contribution in [0.4, 0.5) is 0 Å². The van der Waals surface area contributed by atoms with Crippen molar-refractivity contribution in [1.29, 1.82) is 0 Å². The van der Waals surface area contributed by atoms with Crippen LogP contribution < -0.4 is 0 Å². The van der Waals surface area contributed by atoms with Crippen molar-refractivity contribution in [3.63, 3.8) is 0 Å². The Balaban J connectivity index is 0. The summed E-state index contributed by atoms with van der Waals surface area (Å²) >= 11 is 0. The highest BCUT2D eigenvalue weighted by Crippen LogP contribution is 2.20. The summed E-state index contributed by atoms with van der Waals surface area (Å²) in [5.41, 5.74) is 1.19. The summed E-state index contributed by atoms with van der Waals surface area (Å²) < 4.78 is 0. The SMILES string of the molecule is C=C(C)CON(CC)C(C)(C)CCC.Cl. The first-order valence-corrected chi connectivity index (χ1v) is 5.49. The molecule has 0 amide bonds. The van der Waals surface area contributed by atoms with Crippen LogP contribution in [0.3, 0.4) is 0 Å². The average Bonchev–Trinajstić information content (AvgIpc) is 2.03. The van der Waals surface area contributed by atoms with Crippen LogP contribution in [0.25, 0.3) is 0 Å². The number of nitrogens with zero attached hydrogens (tertiary/aromatic N) is 1. The summed E-state index contributed by atoms with van der Waals surface area (Å²) in [6, 6.07) is 0. The molecule has 0 aromatic heterocycles. The van der Waals surface area contributed by atoms with Gasteiger partial charge < -0.3 is 0 Å². The highest BCUT2D eigenvalue weighted by molar-refractivity contribution is 5.85. The second-order valence-corrected chi connectivity index (χ2v) is 4.49. The molecule has 0 spiro atoms. The predicted molar refractivity (Wildman–Crippen MR) is 69.4 cm³/mol. The van der Waals surface area contributed by atoms with Gasteiger partial charge in [-0.1, -0.05) is 32.4 Å². The molecule has 0 unspecified atom stereocenters. The van der Waals surface area contributed by atoms with Crippen molar-refractivity contribution < 1.29 is 4.84 Å². The van der Waals surface area contributed by atoms with Gasteiger partial charge in [0.2, 0.25) is 0 Å². The number of hydrogen-bond donors (Lipinski definition) is 0. The minimum absolute atomic E-state index is 0. The Morgan fingerprint density at radius 2 is 1.87 bits per heavy atom. The zero-order chi connectivity index (χ0) is 11.2. The zero-order valence-electron chi connectivity index (χ0n) is 10.8. The number of halogens is 1. The van der Waals surface area contributed by atoms with E-state index >= 15 is 0 Å². The molecule has 92 valence electrons. The summed E-state index contributed by atoms with van der Waals surface area (Å²) in [6.07, 6.45) is 2.33. The third-order valence-electron chi connectivity index (χ3n) is 2.29. The first-order chi connectivity index (χ1) is 6.44. The molecule has 0 saturated heterocycles. The Labute approximate surface area is 101 Å². The summed E-state index contributed by atoms with van der Waals surface area (Å²) in [5.74, 6) is 0. The molecule has 0 heterocycles. The second-order valence-electron chi connectivity index (χ2n) is 4.49. The van der Waals surface area contributed by atoms with E-state index in [4.69, 9.17) is 4.84 Å². The zero-order valence-corrected chi connectivity index (χ0v) is 11.6. The van der Waals surface area contributed by atoms with Crippen LogP contribution >= 0.6 is 12.4 Å². The fourth-order valence-corrected chi connectivity index (χ4v) is 1.62. The van der Waals surface area contributed by atoms with Gasteiger partial charge in [-0.25, -0.2) is 0 Å². The van der Waals surface area contributed by atoms with Crippen LogP contribution in [0, 0.1) is 0 Å². The first-order valence-electron chi connectivity index (χ1n) is 5.49. The number of rotatable bonds is 7. The minimum atomic E-state index is 0. The van der Waals surface area contributed by atoms with Gasteiger partial charge in [-0.2, -0.15) is 5.06 Å². The Kier molecular flexibility index (Phi) is 9.42. The molecule has 0 rings (SSSR count). The van der Waals surface area contributed by atoms with Crippen LogP contribution in [-0.2, 0) is 4.84 Å². The molecule has 2 nitrogen and oxygen atoms in total. The lowest BCUT2D eigenvalue weighted by molar-refractivity contribution is -0.206. The van der Waals surface area contributed by atoms with E-state index in [9.17, 15) is 0 Å². The molecule has 0 aliphatic carbocycles. The lowest BCUT2D eigenvalue weighted by Crippen LogP contribution is -2.43. The van der Waals surface area contributed by atoms with E-state index < -0.39 is 0 Å². The lowest BCUT2D eigenvalue weighted by Gasteiger charge is -2.36. The molecule has 0 fully saturated rings. The van der Waals surface area contributed by atoms with Gasteiger partial charge in [0.15, 0.2) is 0 Å². The van der Waals surface area contributed by atoms with Crippen molar-refractivity contribution in [3.8, 4) is 0 Å². The Morgan fingerprint density at radius 1 is 1.33 bits per heavy atom. The average molecular weight is 236 g/mol. The summed E-state index contributed by atoms with van der Waals surface area (Å²) in [6.45, 7) is 16.1. The lowest BCUT2D eigenvalue weighted by atomic mass is 9.98. The van der Waals surface area contributed by atoms with Crippen LogP contribution in [0.15, 0.2) is 12.2 Å². The van der Waals surface area contributed by atoms with Crippen LogP contribution in [-0.4, -0.2) is 23.8 Å². The highest BCUT2D eigenvalue weighted by Gasteiger charge is 2.25. The molecule has 0 aliphatic rings. The maximum Gasteiger partial charge on any atom is 0.0890 e. The van der Waals surface area contributed by atoms with Gasteiger partial charge >= 0.3 is 0 Å². The molecule has 0 aromatic carbocycles. The van der Waals surface area contributed by atoms with Crippen LogP contribution in [0.1, 0.15) is 47.5 Å². The molecule has 0 bridgehead atoms. The van der Waals surface area contributed by atoms with Crippen molar-refractivity contribution in [2.45, 2.75) is 53.0 Å². The van der Waals surface area contributed by atoms with E-state index in [1.165, 1.54) is 6.42 Å². The standard InChI is InChI=1S/C12H25NO.ClH/c1-7-9-12(5,6)13(8-2)14-10-11(3)4;/h3,7-10H2,1-2,4-6H3;1H. The molecule has 0 atom stereocenters. The van der Waals surface area contributed by atoms with E-state index in [0.29, 0.717) is 6.61 Å². The number of hydrogen-bond acceptors (Lipinski definition) is 2. The fourth-order valence-electron chi connectivity index (χ4n) is 1.62. The monoisotopic (exact) mass is 235 g/mol. The fraction of sp³-hybridized carbons (Fsp3) is 0.833. The highest BCUT2D eigenvalue weighted by atomic mass is 35.5. The van der Waals surface area contributed by atoms with Gasteiger partial charge in [0, 0.05) is 12.1 Å². The maximum absolute atomic E-state index is 5.70. The van der Waals surface area contributed by atoms with Crippen molar-refractivity contribution in [2.24, 2.45) is 0 Å². The van der Waals surface area contributed by atoms with Gasteiger partial charge in [0.1, 0.15) is 0 Å². The van der Waals surface area contributed by atoms with Crippen LogP contribution in [0.5, 0.6) is 0 Å². The third kappa shape index (κ3) is 6.93. The van der Waals surface area contributed by atoms with E-state index in [0.717, 1.165) is 18.5 Å². The quantitative estimate of drug-likeness (QED) is 0.492. The molecule has 0 aliphatic heterocycles. The summed E-state index contributed by atoms with van der Waals surface area (Å²) in [4.78, 5) is 5.70. The van der Waals surface area contributed by atoms with Crippen molar-refractivity contribution in [1.82, 2.24) is 5.06 Å². The van der Waals surface area contributed by atoms with Gasteiger partial charge in [0.05, 0.1) is 6.61 Å². The second kappa shape index (κ2) is 8.14. The van der Waals surface area contributed by atoms with Crippen LogP contribution in [0.2, 0.25) is 0 Å². The normalized spacial score (nSPS) is 11.3. The van der Waals surface area contributed by atoms with E-state index in [1.807, 2.05) is 6.92 Å². The van der Waals surface area contributed by atoms with Gasteiger partial charge in [-0.3, -0.25) is 4.84 Å². The Bertz CT molecular complexity index is 180. The first kappa shape index (κ1) is 17.3. The van der Waals surface area contributed by atoms with E-state index in [1.54, 1.807) is 0 Å². The Hall–Kier alpha value is -0.0500. The minimum Gasteiger partial charge on any atom is -0.294 e. The molecule has 0 saturated carbocycles. The van der Waals surface area contributed by atoms with E-state index in [2.05, 4.69) is 39.3 Å². The van der Waals surface area contributed by atoms with Crippen molar-refractivity contribution in [3.05, 3.63) is 12.2 Å². The molecular formula is C12H26ClNO. The maximum atomic E-state index is 5.70. The summed E-state index contributed by atoms with van der Waals surface area (Å²) in [7, 11) is 0. The number of hydroxylamine groups is 2. The van der Waals surface area contributed by atoms with Crippen molar-refractivity contribution >= 4 is 12.4 Å². The molecular weight excluding hydrogens is 210 g/mol. The van der Waals surface area contributed by atoms with Gasteiger partial charge in [-0.15, -0.1) is 12.4 Å². The molecule has 3 heteroatoms. The predicted octanol–water partition coefficient (Wildman–Crippen LogP) is 3.82. The largest absolute Gasteiger partial charge is 0.294 e. The van der Waals surface area contributed by atoms with Crippen molar-refractivity contribution in [2.75, 3.05) is 13.2 Å². The smallest absolute Gasteiger partial charge is 0.0890 e. The topological polar surface area (TPSA) is 12.5 Å². The molecule has 0 N–H and O–H groups in total. The molecule has 15 heavy (non-hydrogen) atoms.